The van der Waals surface area contributed by atoms with Crippen molar-refractivity contribution in [3.63, 3.8) is 0 Å². The van der Waals surface area contributed by atoms with Gasteiger partial charge in [-0.25, -0.2) is 0 Å². The van der Waals surface area contributed by atoms with Crippen molar-refractivity contribution >= 4 is 11.8 Å². The number of methoxy groups -OCH3 is 2. The van der Waals surface area contributed by atoms with E-state index in [2.05, 4.69) is 25.8 Å². The number of hydrogen-bond acceptors (Lipinski definition) is 7. The van der Waals surface area contributed by atoms with Gasteiger partial charge in [-0.1, -0.05) is 18.9 Å². The van der Waals surface area contributed by atoms with Crippen molar-refractivity contribution in [2.75, 3.05) is 24.9 Å². The van der Waals surface area contributed by atoms with Gasteiger partial charge in [0.1, 0.15) is 0 Å². The van der Waals surface area contributed by atoms with Gasteiger partial charge >= 0.3 is 0 Å². The fraction of sp³-hybridized carbons (Fsp3) is 0.471. The number of benzene rings is 1. The van der Waals surface area contributed by atoms with Crippen LogP contribution in [0.15, 0.2) is 24.4 Å². The van der Waals surface area contributed by atoms with Crippen LogP contribution >= 0.6 is 0 Å². The molecular formula is C17H23N5O2. The Hall–Kier alpha value is -2.57. The molecular weight excluding hydrogens is 306 g/mol. The van der Waals surface area contributed by atoms with Crippen LogP contribution in [0.25, 0.3) is 0 Å². The van der Waals surface area contributed by atoms with E-state index in [4.69, 9.17) is 9.47 Å². The Morgan fingerprint density at radius 1 is 1.12 bits per heavy atom. The van der Waals surface area contributed by atoms with Gasteiger partial charge in [0.05, 0.1) is 20.4 Å². The van der Waals surface area contributed by atoms with E-state index < -0.39 is 0 Å². The largest absolute Gasteiger partial charge is 0.493 e. The van der Waals surface area contributed by atoms with Gasteiger partial charge in [-0.2, -0.15) is 10.1 Å². The summed E-state index contributed by atoms with van der Waals surface area (Å²) >= 11 is 0. The van der Waals surface area contributed by atoms with Crippen molar-refractivity contribution in [1.82, 2.24) is 15.2 Å². The van der Waals surface area contributed by atoms with Gasteiger partial charge in [0, 0.05) is 12.6 Å². The average molecular weight is 329 g/mol. The summed E-state index contributed by atoms with van der Waals surface area (Å²) in [5.41, 5.74) is 1.05. The summed E-state index contributed by atoms with van der Waals surface area (Å²) in [7, 11) is 3.25. The van der Waals surface area contributed by atoms with E-state index in [1.54, 1.807) is 20.4 Å². The molecule has 0 amide bonds. The highest BCUT2D eigenvalue weighted by Crippen LogP contribution is 2.27. The van der Waals surface area contributed by atoms with Crippen LogP contribution in [0.5, 0.6) is 11.5 Å². The van der Waals surface area contributed by atoms with Crippen LogP contribution in [-0.2, 0) is 6.54 Å². The lowest BCUT2D eigenvalue weighted by atomic mass is 10.2. The molecule has 1 aliphatic carbocycles. The number of nitrogens with zero attached hydrogens (tertiary/aromatic N) is 3. The van der Waals surface area contributed by atoms with Crippen molar-refractivity contribution in [2.45, 2.75) is 38.3 Å². The lowest BCUT2D eigenvalue weighted by Gasteiger charge is -2.13. The van der Waals surface area contributed by atoms with Crippen molar-refractivity contribution in [2.24, 2.45) is 0 Å². The zero-order chi connectivity index (χ0) is 16.8. The molecule has 2 aromatic rings. The quantitative estimate of drug-likeness (QED) is 0.808. The van der Waals surface area contributed by atoms with Crippen molar-refractivity contribution in [3.05, 3.63) is 30.0 Å². The second-order valence-electron chi connectivity index (χ2n) is 5.83. The molecule has 0 aliphatic heterocycles. The summed E-state index contributed by atoms with van der Waals surface area (Å²) in [4.78, 5) is 4.48. The maximum Gasteiger partial charge on any atom is 0.244 e. The molecule has 24 heavy (non-hydrogen) atoms. The van der Waals surface area contributed by atoms with E-state index in [9.17, 15) is 0 Å². The van der Waals surface area contributed by atoms with Crippen LogP contribution < -0.4 is 20.1 Å². The highest BCUT2D eigenvalue weighted by atomic mass is 16.5. The minimum absolute atomic E-state index is 0.500. The Morgan fingerprint density at radius 2 is 1.92 bits per heavy atom. The summed E-state index contributed by atoms with van der Waals surface area (Å²) in [6.07, 6.45) is 6.61. The number of hydrogen-bond donors (Lipinski definition) is 2. The Bertz CT molecular complexity index is 674. The van der Waals surface area contributed by atoms with Crippen molar-refractivity contribution in [1.29, 1.82) is 0 Å². The zero-order valence-corrected chi connectivity index (χ0v) is 14.1. The van der Waals surface area contributed by atoms with Crippen molar-refractivity contribution < 1.29 is 9.47 Å². The van der Waals surface area contributed by atoms with Crippen LogP contribution in [0.2, 0.25) is 0 Å². The third-order valence-corrected chi connectivity index (χ3v) is 4.16. The van der Waals surface area contributed by atoms with Crippen LogP contribution in [0.3, 0.4) is 0 Å². The lowest BCUT2D eigenvalue weighted by Crippen LogP contribution is -2.16. The third-order valence-electron chi connectivity index (χ3n) is 4.16. The minimum Gasteiger partial charge on any atom is -0.493 e. The standard InChI is InChI=1S/C17H23N5O2/c1-23-14-8-7-12(9-15(14)24-2)10-18-17-21-16(11-19-22-17)20-13-5-3-4-6-13/h7-9,11,13H,3-6,10H2,1-2H3,(H2,18,20,21,22). The zero-order valence-electron chi connectivity index (χ0n) is 14.1. The molecule has 1 aliphatic rings. The normalized spacial score (nSPS) is 14.4. The molecule has 1 heterocycles. The summed E-state index contributed by atoms with van der Waals surface area (Å²) < 4.78 is 10.6. The van der Waals surface area contributed by atoms with Gasteiger partial charge < -0.3 is 20.1 Å². The SMILES string of the molecule is COc1ccc(CNc2nncc(NC3CCCC3)n2)cc1OC. The highest BCUT2D eigenvalue weighted by molar-refractivity contribution is 5.44. The summed E-state index contributed by atoms with van der Waals surface area (Å²) in [5.74, 6) is 2.69. The second kappa shape index (κ2) is 7.81. The van der Waals surface area contributed by atoms with Crippen LogP contribution in [0, 0.1) is 0 Å². The number of rotatable bonds is 7. The van der Waals surface area contributed by atoms with Gasteiger partial charge in [-0.15, -0.1) is 5.10 Å². The number of aromatic nitrogens is 3. The van der Waals surface area contributed by atoms with Crippen LogP contribution in [0.4, 0.5) is 11.8 Å². The first-order valence-corrected chi connectivity index (χ1v) is 8.19. The molecule has 2 N–H and O–H groups in total. The fourth-order valence-electron chi connectivity index (χ4n) is 2.90. The highest BCUT2D eigenvalue weighted by Gasteiger charge is 2.15. The summed E-state index contributed by atoms with van der Waals surface area (Å²) in [6.45, 7) is 0.578. The Morgan fingerprint density at radius 3 is 2.67 bits per heavy atom. The molecule has 1 aromatic heterocycles. The lowest BCUT2D eigenvalue weighted by molar-refractivity contribution is 0.354. The van der Waals surface area contributed by atoms with E-state index >= 15 is 0 Å². The van der Waals surface area contributed by atoms with Gasteiger partial charge in [-0.05, 0) is 30.5 Å². The van der Waals surface area contributed by atoms with E-state index in [-0.39, 0.29) is 0 Å². The second-order valence-corrected chi connectivity index (χ2v) is 5.83. The Balaban J connectivity index is 1.61. The average Bonchev–Trinajstić information content (AvgIpc) is 3.13. The topological polar surface area (TPSA) is 81.2 Å². The first-order chi connectivity index (χ1) is 11.8. The molecule has 7 nitrogen and oxygen atoms in total. The van der Waals surface area contributed by atoms with E-state index in [1.807, 2.05) is 18.2 Å². The maximum atomic E-state index is 5.32. The summed E-state index contributed by atoms with van der Waals surface area (Å²) in [6, 6.07) is 6.29. The molecule has 7 heteroatoms. The number of anilines is 2. The van der Waals surface area contributed by atoms with Gasteiger partial charge in [0.2, 0.25) is 5.95 Å². The number of ether oxygens (including phenoxy) is 2. The predicted molar refractivity (Wildman–Crippen MR) is 92.6 cm³/mol. The molecule has 0 bridgehead atoms. The summed E-state index contributed by atoms with van der Waals surface area (Å²) in [5, 5.41) is 14.7. The van der Waals surface area contributed by atoms with Crippen LogP contribution in [-0.4, -0.2) is 35.4 Å². The molecule has 3 rings (SSSR count). The molecule has 0 radical (unpaired) electrons. The minimum atomic E-state index is 0.500. The van der Waals surface area contributed by atoms with Crippen LogP contribution in [0.1, 0.15) is 31.2 Å². The molecule has 1 aromatic carbocycles. The maximum absolute atomic E-state index is 5.32. The molecule has 0 atom stereocenters. The first kappa shape index (κ1) is 16.3. The Labute approximate surface area is 141 Å². The molecule has 1 saturated carbocycles. The molecule has 0 spiro atoms. The number of nitrogens with one attached hydrogen (secondary N) is 2. The molecule has 128 valence electrons. The predicted octanol–water partition coefficient (Wildman–Crippen LogP) is 2.86. The van der Waals surface area contributed by atoms with Gasteiger partial charge in [0.25, 0.3) is 0 Å². The van der Waals surface area contributed by atoms with Gasteiger partial charge in [-0.3, -0.25) is 0 Å². The fourth-order valence-corrected chi connectivity index (χ4v) is 2.90. The molecule has 0 unspecified atom stereocenters. The molecule has 0 saturated heterocycles. The van der Waals surface area contributed by atoms with Gasteiger partial charge in [0.15, 0.2) is 17.3 Å². The molecule has 1 fully saturated rings. The van der Waals surface area contributed by atoms with Crippen molar-refractivity contribution in [3.8, 4) is 11.5 Å². The third kappa shape index (κ3) is 4.04. The Kier molecular flexibility index (Phi) is 5.30. The smallest absolute Gasteiger partial charge is 0.244 e. The van der Waals surface area contributed by atoms with E-state index in [0.29, 0.717) is 30.0 Å². The monoisotopic (exact) mass is 329 g/mol. The van der Waals surface area contributed by atoms with E-state index in [0.717, 1.165) is 11.4 Å². The van der Waals surface area contributed by atoms with E-state index in [1.165, 1.54) is 25.7 Å². The first-order valence-electron chi connectivity index (χ1n) is 8.19.